The van der Waals surface area contributed by atoms with Crippen molar-refractivity contribution in [3.8, 4) is 19.5 Å². The van der Waals surface area contributed by atoms with Gasteiger partial charge in [0, 0.05) is 42.4 Å². The Morgan fingerprint density at radius 3 is 1.28 bits per heavy atom. The molecule has 0 spiro atoms. The van der Waals surface area contributed by atoms with Crippen LogP contribution in [0.3, 0.4) is 0 Å². The number of allylic oxidation sites excluding steroid dienone is 2. The highest BCUT2D eigenvalue weighted by Gasteiger charge is 2.50. The third-order valence-electron chi connectivity index (χ3n) is 14.0. The first-order chi connectivity index (χ1) is 34.8. The van der Waals surface area contributed by atoms with Crippen LogP contribution < -0.4 is 0 Å². The Morgan fingerprint density at radius 2 is 0.873 bits per heavy atom. The van der Waals surface area contributed by atoms with Crippen molar-refractivity contribution in [3.05, 3.63) is 96.8 Å². The summed E-state index contributed by atoms with van der Waals surface area (Å²) >= 11 is 12.6. The van der Waals surface area contributed by atoms with E-state index in [1.165, 1.54) is 158 Å². The van der Waals surface area contributed by atoms with E-state index in [1.807, 2.05) is 42.6 Å². The van der Waals surface area contributed by atoms with E-state index in [1.54, 1.807) is 34.4 Å². The van der Waals surface area contributed by atoms with Gasteiger partial charge in [-0.25, -0.2) is 0 Å². The van der Waals surface area contributed by atoms with E-state index in [0.717, 1.165) is 50.6 Å². The molecule has 0 saturated heterocycles. The number of fused-ring (bicyclic) bond motifs is 1. The molecule has 2 atom stereocenters. The lowest BCUT2D eigenvalue weighted by atomic mass is 9.93. The van der Waals surface area contributed by atoms with Gasteiger partial charge in [0.25, 0.3) is 11.8 Å². The van der Waals surface area contributed by atoms with Gasteiger partial charge in [0.05, 0.1) is 36.1 Å². The van der Waals surface area contributed by atoms with Crippen molar-refractivity contribution in [3.63, 3.8) is 0 Å². The molecule has 0 fully saturated rings. The summed E-state index contributed by atoms with van der Waals surface area (Å²) in [6.07, 6.45) is 35.5. The number of rotatable bonds is 35. The van der Waals surface area contributed by atoms with Crippen LogP contribution in [0.4, 0.5) is 0 Å². The Bertz CT molecular complexity index is 2320. The molecule has 0 saturated carbocycles. The molecule has 2 amide bonds. The minimum Gasteiger partial charge on any atom is -0.306 e. The molecule has 4 aromatic rings. The maximum atomic E-state index is 15.6. The fourth-order valence-electron chi connectivity index (χ4n) is 10.2. The van der Waals surface area contributed by atoms with Crippen LogP contribution in [0, 0.1) is 11.8 Å². The van der Waals surface area contributed by atoms with Crippen LogP contribution in [0.25, 0.3) is 35.8 Å². The largest absolute Gasteiger partial charge is 0.306 e. The molecule has 0 bridgehead atoms. The van der Waals surface area contributed by atoms with Crippen molar-refractivity contribution >= 4 is 101 Å². The number of halogens is 1. The number of unbranched alkanes of at least 4 members (excludes halogenated alkanes) is 16. The number of carbonyl (C=O) groups is 2. The van der Waals surface area contributed by atoms with Crippen LogP contribution in [0.1, 0.15) is 210 Å². The molecule has 0 N–H and O–H groups in total. The second-order valence-corrected chi connectivity index (χ2v) is 26.0. The summed E-state index contributed by atoms with van der Waals surface area (Å²) in [6.45, 7) is 18.4. The molecule has 2 aliphatic heterocycles. The van der Waals surface area contributed by atoms with E-state index in [9.17, 15) is 0 Å². The highest BCUT2D eigenvalue weighted by Crippen LogP contribution is 2.51. The van der Waals surface area contributed by atoms with Crippen LogP contribution in [0.15, 0.2) is 82.2 Å². The van der Waals surface area contributed by atoms with E-state index in [0.29, 0.717) is 36.1 Å². The molecule has 6 heterocycles. The molecule has 10 heteroatoms. The van der Waals surface area contributed by atoms with Gasteiger partial charge in [0.2, 0.25) is 0 Å². The van der Waals surface area contributed by atoms with Crippen molar-refractivity contribution in [2.75, 3.05) is 19.3 Å². The first kappa shape index (κ1) is 59.4. The summed E-state index contributed by atoms with van der Waals surface area (Å²) in [6, 6.07) is 17.6. The van der Waals surface area contributed by atoms with Crippen LogP contribution in [0.5, 0.6) is 0 Å². The van der Waals surface area contributed by atoms with Crippen LogP contribution in [-0.4, -0.2) is 41.0 Å². The minimum absolute atomic E-state index is 0.0178. The Morgan fingerprint density at radius 1 is 0.521 bits per heavy atom. The Balaban J connectivity index is 0.00000463. The first-order valence-corrected chi connectivity index (χ1v) is 33.1. The average Bonchev–Trinajstić information content (AvgIpc) is 4.26. The summed E-state index contributed by atoms with van der Waals surface area (Å²) in [4.78, 5) is 44.8. The second kappa shape index (κ2) is 32.8. The SMILES string of the molecule is C=C/C=C(\SC)c1ccc(-c2ccc(-c3ccc(C4=C5C(=O)N(CC(CCCCCC)CCCCCCCC)C(c6ccc(Br)s6)=C5C(=O)N4CC(CCCCCC)CCCCCCCC)s3)s2)s1.CC. The van der Waals surface area contributed by atoms with Crippen molar-refractivity contribution in [2.45, 2.75) is 196 Å². The van der Waals surface area contributed by atoms with Gasteiger partial charge >= 0.3 is 0 Å². The summed E-state index contributed by atoms with van der Waals surface area (Å²) in [5, 5.41) is 0. The summed E-state index contributed by atoms with van der Waals surface area (Å²) in [7, 11) is 0. The highest BCUT2D eigenvalue weighted by atomic mass is 79.9. The van der Waals surface area contributed by atoms with Gasteiger partial charge in [-0.3, -0.25) is 9.59 Å². The van der Waals surface area contributed by atoms with Crippen LogP contribution in [0.2, 0.25) is 0 Å². The van der Waals surface area contributed by atoms with Gasteiger partial charge in [-0.2, -0.15) is 0 Å². The Hall–Kier alpha value is -2.47. The lowest BCUT2D eigenvalue weighted by Crippen LogP contribution is -2.34. The Kier molecular flexibility index (Phi) is 27.4. The molecular formula is C61H87BrN2O2S5. The summed E-state index contributed by atoms with van der Waals surface area (Å²) in [5.41, 5.74) is 2.96. The molecule has 4 aromatic heterocycles. The topological polar surface area (TPSA) is 40.6 Å². The maximum Gasteiger partial charge on any atom is 0.261 e. The van der Waals surface area contributed by atoms with E-state index in [2.05, 4.69) is 121 Å². The summed E-state index contributed by atoms with van der Waals surface area (Å²) < 4.78 is 1.02. The fourth-order valence-corrected chi connectivity index (χ4v) is 15.7. The number of carbonyl (C=O) groups excluding carboxylic acids is 2. The summed E-state index contributed by atoms with van der Waals surface area (Å²) in [5.74, 6) is 0.805. The number of amides is 2. The molecule has 4 nitrogen and oxygen atoms in total. The van der Waals surface area contributed by atoms with Gasteiger partial charge in [0.15, 0.2) is 0 Å². The molecular weight excluding hydrogens is 1030 g/mol. The molecule has 390 valence electrons. The molecule has 0 aliphatic carbocycles. The molecule has 6 rings (SSSR count). The Labute approximate surface area is 460 Å². The predicted octanol–water partition coefficient (Wildman–Crippen LogP) is 21.4. The smallest absolute Gasteiger partial charge is 0.261 e. The zero-order chi connectivity index (χ0) is 51.0. The monoisotopic (exact) mass is 1120 g/mol. The quantitative estimate of drug-likeness (QED) is 0.0340. The van der Waals surface area contributed by atoms with Gasteiger partial charge in [0.1, 0.15) is 0 Å². The van der Waals surface area contributed by atoms with E-state index >= 15 is 9.59 Å². The lowest BCUT2D eigenvalue weighted by Gasteiger charge is -2.29. The maximum absolute atomic E-state index is 15.6. The van der Waals surface area contributed by atoms with E-state index in [4.69, 9.17) is 0 Å². The van der Waals surface area contributed by atoms with E-state index < -0.39 is 0 Å². The fraction of sp³-hybridized carbons (Fsp3) is 0.574. The zero-order valence-corrected chi connectivity index (χ0v) is 50.3. The van der Waals surface area contributed by atoms with Gasteiger partial charge in [-0.05, 0) is 114 Å². The third kappa shape index (κ3) is 17.0. The van der Waals surface area contributed by atoms with E-state index in [-0.39, 0.29) is 11.8 Å². The normalized spacial score (nSPS) is 14.8. The van der Waals surface area contributed by atoms with Crippen molar-refractivity contribution in [1.82, 2.24) is 9.80 Å². The zero-order valence-electron chi connectivity index (χ0n) is 44.7. The molecule has 2 unspecified atom stereocenters. The molecule has 71 heavy (non-hydrogen) atoms. The first-order valence-electron chi connectivity index (χ1n) is 27.8. The van der Waals surface area contributed by atoms with Crippen molar-refractivity contribution in [2.24, 2.45) is 11.8 Å². The van der Waals surface area contributed by atoms with Crippen molar-refractivity contribution in [1.29, 1.82) is 0 Å². The number of hydrogen-bond donors (Lipinski definition) is 0. The number of thioether (sulfide) groups is 1. The average molecular weight is 1120 g/mol. The number of hydrogen-bond acceptors (Lipinski definition) is 7. The van der Waals surface area contributed by atoms with Gasteiger partial charge in [-0.15, -0.1) is 57.1 Å². The van der Waals surface area contributed by atoms with Gasteiger partial charge < -0.3 is 9.80 Å². The van der Waals surface area contributed by atoms with Crippen molar-refractivity contribution < 1.29 is 9.59 Å². The predicted molar refractivity (Wildman–Crippen MR) is 324 cm³/mol. The molecule has 2 aliphatic rings. The number of nitrogens with zero attached hydrogens (tertiary/aromatic N) is 2. The van der Waals surface area contributed by atoms with Crippen LogP contribution in [-0.2, 0) is 9.59 Å². The van der Waals surface area contributed by atoms with Crippen LogP contribution >= 0.6 is 73.0 Å². The second-order valence-electron chi connectivity index (χ2n) is 19.4. The third-order valence-corrected chi connectivity index (χ3v) is 20.2. The minimum atomic E-state index is 0.0178. The molecule has 0 aromatic carbocycles. The highest BCUT2D eigenvalue weighted by molar-refractivity contribution is 9.11. The lowest BCUT2D eigenvalue weighted by molar-refractivity contribution is -0.124. The van der Waals surface area contributed by atoms with Gasteiger partial charge in [-0.1, -0.05) is 183 Å². The molecule has 0 radical (unpaired) electrons. The number of thiophene rings is 4. The standard InChI is InChI=1S/C59H81BrN2O2S5.C2H6/c1-7-12-16-20-22-26-31-43(29-24-18-14-9-3)41-61-56(51-38-37-50(68-51)49-36-35-48(67-49)47-34-33-46(66-47)45(65-6)28-11-5)54-55(59(61)64)57(52-39-40-53(60)69-52)62(58(54)63)42-44(30-25-19-15-10-4)32-27-23-21-17-13-8-2;1-2/h11,28,33-40,43-44H,5,7-10,12-27,29-32,41-42H2,1-4,6H3;1-2H3/b45-28-;.